The number of aryl methyl sites for hydroxylation is 1. The molecule has 1 aromatic heterocycles. The smallest absolute Gasteiger partial charge is 0.220 e. The summed E-state index contributed by atoms with van der Waals surface area (Å²) in [5, 5.41) is 4.16. The maximum Gasteiger partial charge on any atom is 0.220 e. The maximum absolute atomic E-state index is 12.1. The predicted octanol–water partition coefficient (Wildman–Crippen LogP) is 5.26. The van der Waals surface area contributed by atoms with Gasteiger partial charge in [0.25, 0.3) is 0 Å². The molecule has 1 amide bonds. The van der Waals surface area contributed by atoms with Crippen molar-refractivity contribution in [3.05, 3.63) is 63.6 Å². The number of carbonyl (C=O) groups is 1. The van der Waals surface area contributed by atoms with Crippen molar-refractivity contribution in [2.75, 3.05) is 0 Å². The third-order valence-corrected chi connectivity index (χ3v) is 5.50. The summed E-state index contributed by atoms with van der Waals surface area (Å²) in [4.78, 5) is 16.7. The SMILES string of the molecule is C[C@@H](NC(=O)CCCc1nc2ccccc2s1)c1ccc(Br)cc1. The molecule has 0 radical (unpaired) electrons. The Morgan fingerprint density at radius 1 is 1.21 bits per heavy atom. The van der Waals surface area contributed by atoms with E-state index in [1.54, 1.807) is 11.3 Å². The Kier molecular flexibility index (Phi) is 5.63. The molecule has 3 aromatic rings. The topological polar surface area (TPSA) is 42.0 Å². The van der Waals surface area contributed by atoms with Crippen LogP contribution in [0.3, 0.4) is 0 Å². The van der Waals surface area contributed by atoms with Crippen molar-refractivity contribution in [3.8, 4) is 0 Å². The van der Waals surface area contributed by atoms with Crippen LogP contribution in [0.4, 0.5) is 0 Å². The zero-order valence-corrected chi connectivity index (χ0v) is 15.9. The van der Waals surface area contributed by atoms with Crippen molar-refractivity contribution in [1.82, 2.24) is 10.3 Å². The molecule has 0 saturated carbocycles. The van der Waals surface area contributed by atoms with E-state index in [9.17, 15) is 4.79 Å². The van der Waals surface area contributed by atoms with Gasteiger partial charge in [-0.2, -0.15) is 0 Å². The van der Waals surface area contributed by atoms with E-state index in [1.165, 1.54) is 4.70 Å². The van der Waals surface area contributed by atoms with Gasteiger partial charge in [0.2, 0.25) is 5.91 Å². The van der Waals surface area contributed by atoms with Crippen LogP contribution in [0.1, 0.15) is 36.4 Å². The Morgan fingerprint density at radius 2 is 1.96 bits per heavy atom. The third-order valence-electron chi connectivity index (χ3n) is 3.88. The summed E-state index contributed by atoms with van der Waals surface area (Å²) in [5.74, 6) is 0.0894. The minimum Gasteiger partial charge on any atom is -0.350 e. The predicted molar refractivity (Wildman–Crippen MR) is 103 cm³/mol. The van der Waals surface area contributed by atoms with Crippen molar-refractivity contribution in [1.29, 1.82) is 0 Å². The quantitative estimate of drug-likeness (QED) is 0.610. The summed E-state index contributed by atoms with van der Waals surface area (Å²) < 4.78 is 2.25. The number of benzene rings is 2. The van der Waals surface area contributed by atoms with Crippen LogP contribution in [0, 0.1) is 0 Å². The molecule has 0 saturated heterocycles. The number of para-hydroxylation sites is 1. The Balaban J connectivity index is 1.47. The van der Waals surface area contributed by atoms with Gasteiger partial charge < -0.3 is 5.32 Å². The van der Waals surface area contributed by atoms with Crippen LogP contribution in [-0.2, 0) is 11.2 Å². The highest BCUT2D eigenvalue weighted by Crippen LogP contribution is 2.23. The van der Waals surface area contributed by atoms with Crippen LogP contribution in [-0.4, -0.2) is 10.9 Å². The van der Waals surface area contributed by atoms with Crippen LogP contribution in [0.15, 0.2) is 53.0 Å². The summed E-state index contributed by atoms with van der Waals surface area (Å²) in [5.41, 5.74) is 2.16. The van der Waals surface area contributed by atoms with E-state index in [2.05, 4.69) is 32.3 Å². The zero-order chi connectivity index (χ0) is 16.9. The summed E-state index contributed by atoms with van der Waals surface area (Å²) >= 11 is 5.14. The molecular weight excluding hydrogens is 384 g/mol. The zero-order valence-electron chi connectivity index (χ0n) is 13.5. The fourth-order valence-corrected chi connectivity index (χ4v) is 3.85. The lowest BCUT2D eigenvalue weighted by Crippen LogP contribution is -2.26. The summed E-state index contributed by atoms with van der Waals surface area (Å²) in [6.45, 7) is 2.01. The van der Waals surface area contributed by atoms with Gasteiger partial charge in [-0.1, -0.05) is 40.2 Å². The fourth-order valence-electron chi connectivity index (χ4n) is 2.58. The van der Waals surface area contributed by atoms with E-state index in [0.29, 0.717) is 6.42 Å². The number of carbonyl (C=O) groups excluding carboxylic acids is 1. The Labute approximate surface area is 154 Å². The summed E-state index contributed by atoms with van der Waals surface area (Å²) in [6, 6.07) is 16.2. The number of aromatic nitrogens is 1. The Bertz CT molecular complexity index is 796. The molecule has 5 heteroatoms. The van der Waals surface area contributed by atoms with Crippen molar-refractivity contribution < 1.29 is 4.79 Å². The standard InChI is InChI=1S/C19H19BrN2OS/c1-13(14-9-11-15(20)12-10-14)21-18(23)7-4-8-19-22-16-5-2-3-6-17(16)24-19/h2-3,5-6,9-13H,4,7-8H2,1H3,(H,21,23)/t13-/m1/s1. The molecule has 3 rings (SSSR count). The summed E-state index contributed by atoms with van der Waals surface area (Å²) in [7, 11) is 0. The Hall–Kier alpha value is -1.72. The van der Waals surface area contributed by atoms with E-state index < -0.39 is 0 Å². The molecule has 124 valence electrons. The van der Waals surface area contributed by atoms with E-state index in [1.807, 2.05) is 49.4 Å². The first kappa shape index (κ1) is 17.1. The number of amides is 1. The lowest BCUT2D eigenvalue weighted by molar-refractivity contribution is -0.121. The molecule has 3 nitrogen and oxygen atoms in total. The third kappa shape index (κ3) is 4.42. The van der Waals surface area contributed by atoms with E-state index in [4.69, 9.17) is 0 Å². The second-order valence-electron chi connectivity index (χ2n) is 5.77. The second kappa shape index (κ2) is 7.90. The minimum absolute atomic E-state index is 0.0213. The van der Waals surface area contributed by atoms with Crippen LogP contribution in [0.25, 0.3) is 10.2 Å². The molecule has 0 bridgehead atoms. The number of nitrogens with one attached hydrogen (secondary N) is 1. The summed E-state index contributed by atoms with van der Waals surface area (Å²) in [6.07, 6.45) is 2.19. The van der Waals surface area contributed by atoms with Gasteiger partial charge in [-0.05, 0) is 49.6 Å². The van der Waals surface area contributed by atoms with Crippen LogP contribution >= 0.6 is 27.3 Å². The van der Waals surface area contributed by atoms with Gasteiger partial charge in [-0.25, -0.2) is 4.98 Å². The molecular formula is C19H19BrN2OS. The van der Waals surface area contributed by atoms with Gasteiger partial charge in [0.05, 0.1) is 21.3 Å². The molecule has 24 heavy (non-hydrogen) atoms. The van der Waals surface area contributed by atoms with Gasteiger partial charge in [0.1, 0.15) is 0 Å². The number of thiazole rings is 1. The van der Waals surface area contributed by atoms with Crippen LogP contribution in [0.5, 0.6) is 0 Å². The van der Waals surface area contributed by atoms with Gasteiger partial charge in [0.15, 0.2) is 0 Å². The minimum atomic E-state index is 0.0213. The first-order chi connectivity index (χ1) is 11.6. The average Bonchev–Trinajstić information content (AvgIpc) is 2.98. The van der Waals surface area contributed by atoms with Crippen molar-refractivity contribution in [3.63, 3.8) is 0 Å². The van der Waals surface area contributed by atoms with E-state index in [-0.39, 0.29) is 11.9 Å². The molecule has 1 N–H and O–H groups in total. The number of halogens is 1. The first-order valence-corrected chi connectivity index (χ1v) is 9.62. The van der Waals surface area contributed by atoms with E-state index >= 15 is 0 Å². The molecule has 1 heterocycles. The molecule has 0 unspecified atom stereocenters. The Morgan fingerprint density at radius 3 is 2.71 bits per heavy atom. The van der Waals surface area contributed by atoms with Crippen LogP contribution < -0.4 is 5.32 Å². The average molecular weight is 403 g/mol. The number of nitrogens with zero attached hydrogens (tertiary/aromatic N) is 1. The number of hydrogen-bond acceptors (Lipinski definition) is 3. The maximum atomic E-state index is 12.1. The monoisotopic (exact) mass is 402 g/mol. The molecule has 2 aromatic carbocycles. The molecule has 0 fully saturated rings. The van der Waals surface area contributed by atoms with Gasteiger partial charge in [-0.3, -0.25) is 4.79 Å². The lowest BCUT2D eigenvalue weighted by atomic mass is 10.1. The highest BCUT2D eigenvalue weighted by Gasteiger charge is 2.10. The molecule has 0 aliphatic heterocycles. The number of rotatable bonds is 6. The van der Waals surface area contributed by atoms with Crippen LogP contribution in [0.2, 0.25) is 0 Å². The number of hydrogen-bond donors (Lipinski definition) is 1. The second-order valence-corrected chi connectivity index (χ2v) is 7.80. The van der Waals surface area contributed by atoms with Crippen molar-refractivity contribution in [2.24, 2.45) is 0 Å². The molecule has 0 aliphatic carbocycles. The van der Waals surface area contributed by atoms with Gasteiger partial charge >= 0.3 is 0 Å². The fraction of sp³-hybridized carbons (Fsp3) is 0.263. The molecule has 1 atom stereocenters. The largest absolute Gasteiger partial charge is 0.350 e. The normalized spacial score (nSPS) is 12.2. The molecule has 0 aliphatic rings. The lowest BCUT2D eigenvalue weighted by Gasteiger charge is -2.14. The van der Waals surface area contributed by atoms with Crippen molar-refractivity contribution in [2.45, 2.75) is 32.2 Å². The van der Waals surface area contributed by atoms with E-state index in [0.717, 1.165) is 33.4 Å². The van der Waals surface area contributed by atoms with Gasteiger partial charge in [0, 0.05) is 10.9 Å². The highest BCUT2D eigenvalue weighted by molar-refractivity contribution is 9.10. The number of fused-ring (bicyclic) bond motifs is 1. The van der Waals surface area contributed by atoms with Gasteiger partial charge in [-0.15, -0.1) is 11.3 Å². The highest BCUT2D eigenvalue weighted by atomic mass is 79.9. The van der Waals surface area contributed by atoms with Crippen molar-refractivity contribution >= 4 is 43.4 Å². The molecule has 0 spiro atoms. The first-order valence-electron chi connectivity index (χ1n) is 8.01.